The fraction of sp³-hybridized carbons (Fsp3) is 0.143. The zero-order chi connectivity index (χ0) is 23.5. The second kappa shape index (κ2) is 7.08. The van der Waals surface area contributed by atoms with Crippen LogP contribution in [0.1, 0.15) is 21.6 Å². The lowest BCUT2D eigenvalue weighted by molar-refractivity contribution is -0.143. The second-order valence-corrected chi connectivity index (χ2v) is 7.24. The van der Waals surface area contributed by atoms with E-state index >= 15 is 0 Å². The standard InChI is InChI=1S/C21H14F3N5O4/c1-33-12-4-2-11(3-5-12)10-27-16-7-6-14(15-9-25-18(19(27)30)28(15)16)29-17(21(22,23)24)13(8-26-29)20(31)32/h2-9H,10H2,1H3,(H,31,32). The van der Waals surface area contributed by atoms with Gasteiger partial charge in [-0.05, 0) is 29.8 Å². The predicted molar refractivity (Wildman–Crippen MR) is 109 cm³/mol. The number of carboxylic acid groups (broad SMARTS) is 1. The van der Waals surface area contributed by atoms with Crippen molar-refractivity contribution in [1.82, 2.24) is 23.7 Å². The van der Waals surface area contributed by atoms with Crippen LogP contribution in [0.2, 0.25) is 0 Å². The summed E-state index contributed by atoms with van der Waals surface area (Å²) in [5.74, 6) is -1.09. The molecule has 0 aliphatic heterocycles. The van der Waals surface area contributed by atoms with Gasteiger partial charge < -0.3 is 9.84 Å². The normalized spacial score (nSPS) is 12.1. The third kappa shape index (κ3) is 3.10. The number of ether oxygens (including phenoxy) is 1. The summed E-state index contributed by atoms with van der Waals surface area (Å²) in [5.41, 5.74) is -1.43. The van der Waals surface area contributed by atoms with E-state index in [1.54, 1.807) is 31.4 Å². The summed E-state index contributed by atoms with van der Waals surface area (Å²) in [5, 5.41) is 12.8. The summed E-state index contributed by atoms with van der Waals surface area (Å²) in [4.78, 5) is 28.4. The lowest BCUT2D eigenvalue weighted by Crippen LogP contribution is -2.18. The molecule has 12 heteroatoms. The molecule has 0 saturated carbocycles. The van der Waals surface area contributed by atoms with Crippen molar-refractivity contribution in [3.63, 3.8) is 0 Å². The number of rotatable bonds is 5. The van der Waals surface area contributed by atoms with E-state index in [2.05, 4.69) is 10.1 Å². The molecular weight excluding hydrogens is 443 g/mol. The molecule has 0 spiro atoms. The average Bonchev–Trinajstić information content (AvgIpc) is 3.47. The Morgan fingerprint density at radius 3 is 2.48 bits per heavy atom. The van der Waals surface area contributed by atoms with Crippen molar-refractivity contribution in [3.05, 3.63) is 76.0 Å². The lowest BCUT2D eigenvalue weighted by Gasteiger charge is -2.13. The predicted octanol–water partition coefficient (Wildman–Crippen LogP) is 3.05. The van der Waals surface area contributed by atoms with Gasteiger partial charge in [0.25, 0.3) is 5.56 Å². The van der Waals surface area contributed by atoms with Crippen molar-refractivity contribution in [1.29, 1.82) is 0 Å². The Labute approximate surface area is 182 Å². The molecule has 0 saturated heterocycles. The topological polar surface area (TPSA) is 104 Å². The maximum Gasteiger partial charge on any atom is 0.434 e. The summed E-state index contributed by atoms with van der Waals surface area (Å²) in [6.07, 6.45) is -3.06. The molecule has 4 heterocycles. The summed E-state index contributed by atoms with van der Waals surface area (Å²) >= 11 is 0. The van der Waals surface area contributed by atoms with Crippen LogP contribution in [0, 0.1) is 0 Å². The van der Waals surface area contributed by atoms with Crippen LogP contribution in [0.25, 0.3) is 22.5 Å². The molecule has 33 heavy (non-hydrogen) atoms. The van der Waals surface area contributed by atoms with Crippen LogP contribution in [-0.4, -0.2) is 41.9 Å². The number of carboxylic acids is 1. The van der Waals surface area contributed by atoms with Gasteiger partial charge in [-0.3, -0.25) is 13.8 Å². The van der Waals surface area contributed by atoms with Crippen LogP contribution in [0.15, 0.2) is 53.6 Å². The van der Waals surface area contributed by atoms with Gasteiger partial charge in [-0.25, -0.2) is 14.5 Å². The van der Waals surface area contributed by atoms with E-state index < -0.39 is 29.0 Å². The highest BCUT2D eigenvalue weighted by molar-refractivity contribution is 5.89. The summed E-state index contributed by atoms with van der Waals surface area (Å²) in [7, 11) is 1.54. The van der Waals surface area contributed by atoms with Crippen LogP contribution in [-0.2, 0) is 12.7 Å². The first kappa shape index (κ1) is 20.5. The van der Waals surface area contributed by atoms with Crippen molar-refractivity contribution in [2.75, 3.05) is 7.11 Å². The van der Waals surface area contributed by atoms with Crippen molar-refractivity contribution in [2.24, 2.45) is 0 Å². The molecule has 0 radical (unpaired) electrons. The number of imidazole rings is 2. The van der Waals surface area contributed by atoms with Crippen molar-refractivity contribution in [3.8, 4) is 11.4 Å². The fourth-order valence-electron chi connectivity index (χ4n) is 3.87. The third-order valence-electron chi connectivity index (χ3n) is 5.35. The molecule has 0 unspecified atom stereocenters. The van der Waals surface area contributed by atoms with E-state index in [0.717, 1.165) is 5.56 Å². The molecule has 5 aromatic rings. The van der Waals surface area contributed by atoms with Gasteiger partial charge in [0, 0.05) is 0 Å². The summed E-state index contributed by atoms with van der Waals surface area (Å²) < 4.78 is 49.6. The Balaban J connectivity index is 1.69. The second-order valence-electron chi connectivity index (χ2n) is 7.24. The van der Waals surface area contributed by atoms with Crippen molar-refractivity contribution in [2.45, 2.75) is 12.7 Å². The molecule has 9 nitrogen and oxygen atoms in total. The molecule has 0 bridgehead atoms. The van der Waals surface area contributed by atoms with Gasteiger partial charge in [0.15, 0.2) is 5.69 Å². The quantitative estimate of drug-likeness (QED) is 0.435. The molecule has 1 N–H and O–H groups in total. The van der Waals surface area contributed by atoms with Crippen LogP contribution < -0.4 is 10.3 Å². The number of aromatic carboxylic acids is 1. The minimum atomic E-state index is -4.97. The number of alkyl halides is 3. The van der Waals surface area contributed by atoms with Crippen molar-refractivity contribution >= 4 is 22.8 Å². The molecule has 4 aromatic heterocycles. The highest BCUT2D eigenvalue weighted by Gasteiger charge is 2.41. The molecule has 5 rings (SSSR count). The molecular formula is C21H14F3N5O4. The molecule has 0 amide bonds. The van der Waals surface area contributed by atoms with Crippen molar-refractivity contribution < 1.29 is 27.8 Å². The highest BCUT2D eigenvalue weighted by atomic mass is 19.4. The number of nitrogens with zero attached hydrogens (tertiary/aromatic N) is 5. The molecule has 0 aliphatic carbocycles. The Bertz CT molecular complexity index is 1560. The van der Waals surface area contributed by atoms with Gasteiger partial charge in [-0.15, -0.1) is 0 Å². The van der Waals surface area contributed by atoms with Crippen LogP contribution in [0.3, 0.4) is 0 Å². The maximum absolute atomic E-state index is 13.7. The SMILES string of the molecule is COc1ccc(Cn2c(=O)c3ncc4c(-n5ncc(C(=O)O)c5C(F)(F)F)ccc2n43)cc1. The Morgan fingerprint density at radius 2 is 1.85 bits per heavy atom. The summed E-state index contributed by atoms with van der Waals surface area (Å²) in [6, 6.07) is 9.93. The van der Waals surface area contributed by atoms with E-state index in [4.69, 9.17) is 4.74 Å². The number of methoxy groups -OCH3 is 1. The fourth-order valence-corrected chi connectivity index (χ4v) is 3.87. The minimum absolute atomic E-state index is 0.0366. The van der Waals surface area contributed by atoms with E-state index in [1.807, 2.05) is 0 Å². The Hall–Kier alpha value is -4.35. The van der Waals surface area contributed by atoms with E-state index in [-0.39, 0.29) is 23.4 Å². The van der Waals surface area contributed by atoms with E-state index in [9.17, 15) is 27.9 Å². The number of benzene rings is 1. The zero-order valence-corrected chi connectivity index (χ0v) is 16.9. The monoisotopic (exact) mass is 457 g/mol. The van der Waals surface area contributed by atoms with Gasteiger partial charge >= 0.3 is 12.1 Å². The number of hydrogen-bond acceptors (Lipinski definition) is 5. The number of halogens is 3. The molecule has 0 aliphatic rings. The highest BCUT2D eigenvalue weighted by Crippen LogP contribution is 2.35. The molecule has 168 valence electrons. The zero-order valence-electron chi connectivity index (χ0n) is 16.9. The van der Waals surface area contributed by atoms with Gasteiger partial charge in [0.05, 0.1) is 37.3 Å². The van der Waals surface area contributed by atoms with Crippen LogP contribution in [0.5, 0.6) is 5.75 Å². The first-order valence-corrected chi connectivity index (χ1v) is 9.55. The smallest absolute Gasteiger partial charge is 0.434 e. The largest absolute Gasteiger partial charge is 0.497 e. The van der Waals surface area contributed by atoms with Gasteiger partial charge in [-0.2, -0.15) is 18.3 Å². The number of aromatic nitrogens is 5. The number of pyridine rings is 1. The van der Waals surface area contributed by atoms with Gasteiger partial charge in [-0.1, -0.05) is 12.1 Å². The van der Waals surface area contributed by atoms with Gasteiger partial charge in [0.1, 0.15) is 17.0 Å². The van der Waals surface area contributed by atoms with Crippen LogP contribution in [0.4, 0.5) is 13.2 Å². The Kier molecular flexibility index (Phi) is 4.41. The number of hydrogen-bond donors (Lipinski definition) is 1. The lowest BCUT2D eigenvalue weighted by atomic mass is 10.2. The molecule has 0 atom stereocenters. The Morgan fingerprint density at radius 1 is 1.12 bits per heavy atom. The molecule has 0 fully saturated rings. The number of carbonyl (C=O) groups is 1. The third-order valence-corrected chi connectivity index (χ3v) is 5.35. The van der Waals surface area contributed by atoms with E-state index in [1.165, 1.54) is 27.3 Å². The molecule has 1 aromatic carbocycles. The average molecular weight is 457 g/mol. The van der Waals surface area contributed by atoms with Crippen LogP contribution >= 0.6 is 0 Å². The summed E-state index contributed by atoms with van der Waals surface area (Å²) in [6.45, 7) is 0.208. The first-order valence-electron chi connectivity index (χ1n) is 9.55. The van der Waals surface area contributed by atoms with E-state index in [0.29, 0.717) is 22.3 Å². The maximum atomic E-state index is 13.7. The first-order chi connectivity index (χ1) is 15.7. The van der Waals surface area contributed by atoms with Gasteiger partial charge in [0.2, 0.25) is 5.65 Å². The minimum Gasteiger partial charge on any atom is -0.497 e.